The monoisotopic (exact) mass is 304 g/mol. The van der Waals surface area contributed by atoms with Crippen LogP contribution in [0.4, 0.5) is 26.3 Å². The zero-order valence-corrected chi connectivity index (χ0v) is 9.18. The van der Waals surface area contributed by atoms with E-state index in [0.29, 0.717) is 0 Å². The Hall–Kier alpha value is -0.800. The molecule has 0 amide bonds. The molecule has 0 aliphatic heterocycles. The number of rotatable bonds is 4. The van der Waals surface area contributed by atoms with E-state index in [4.69, 9.17) is 14.9 Å². The summed E-state index contributed by atoms with van der Waals surface area (Å²) in [7, 11) is -6.20. The SMILES string of the molecule is O=C(O)C(CC(F)(F)F)(CC(F)(F)F)P(=O)(O)O. The predicted octanol–water partition coefficient (Wildman–Crippen LogP) is 1.89. The Kier molecular flexibility index (Phi) is 4.50. The van der Waals surface area contributed by atoms with Gasteiger partial charge in [0.05, 0.1) is 12.8 Å². The van der Waals surface area contributed by atoms with Crippen LogP contribution in [0.3, 0.4) is 0 Å². The minimum Gasteiger partial charge on any atom is -0.480 e. The third kappa shape index (κ3) is 4.46. The maximum atomic E-state index is 12.0. The number of carbonyl (C=O) groups is 1. The molecule has 0 spiro atoms. The second kappa shape index (κ2) is 4.71. The van der Waals surface area contributed by atoms with E-state index >= 15 is 0 Å². The van der Waals surface area contributed by atoms with Crippen molar-refractivity contribution in [2.45, 2.75) is 30.4 Å². The molecular formula is C6H7F6O5P. The second-order valence-electron chi connectivity index (χ2n) is 3.46. The Balaban J connectivity index is 5.77. The van der Waals surface area contributed by atoms with Gasteiger partial charge in [-0.2, -0.15) is 26.3 Å². The fourth-order valence-electron chi connectivity index (χ4n) is 1.21. The van der Waals surface area contributed by atoms with Gasteiger partial charge in [-0.3, -0.25) is 9.36 Å². The minimum absolute atomic E-state index is 2.78. The molecule has 3 N–H and O–H groups in total. The highest BCUT2D eigenvalue weighted by molar-refractivity contribution is 7.54. The van der Waals surface area contributed by atoms with Crippen LogP contribution in [-0.2, 0) is 9.36 Å². The van der Waals surface area contributed by atoms with Crippen molar-refractivity contribution < 1.29 is 50.6 Å². The van der Waals surface area contributed by atoms with E-state index in [2.05, 4.69) is 0 Å². The number of hydrogen-bond donors (Lipinski definition) is 3. The molecule has 0 saturated carbocycles. The molecule has 0 saturated heterocycles. The van der Waals surface area contributed by atoms with Gasteiger partial charge >= 0.3 is 25.9 Å². The Morgan fingerprint density at radius 1 is 0.944 bits per heavy atom. The van der Waals surface area contributed by atoms with Crippen molar-refractivity contribution in [3.63, 3.8) is 0 Å². The van der Waals surface area contributed by atoms with E-state index in [9.17, 15) is 35.7 Å². The first-order chi connectivity index (χ1) is 7.61. The number of alkyl halides is 6. The summed E-state index contributed by atoms with van der Waals surface area (Å²) in [5, 5.41) is 4.13. The van der Waals surface area contributed by atoms with Gasteiger partial charge in [0.1, 0.15) is 0 Å². The normalized spacial score (nSPS) is 14.7. The lowest BCUT2D eigenvalue weighted by Gasteiger charge is -2.31. The zero-order chi connectivity index (χ0) is 15.0. The summed E-state index contributed by atoms with van der Waals surface area (Å²) in [5.41, 5.74) is 0. The molecule has 0 unspecified atom stereocenters. The van der Waals surface area contributed by atoms with Gasteiger partial charge in [0, 0.05) is 0 Å². The predicted molar refractivity (Wildman–Crippen MR) is 43.8 cm³/mol. The van der Waals surface area contributed by atoms with Gasteiger partial charge in [-0.1, -0.05) is 0 Å². The summed E-state index contributed by atoms with van der Waals surface area (Å²) in [4.78, 5) is 27.6. The lowest BCUT2D eigenvalue weighted by atomic mass is 9.99. The van der Waals surface area contributed by atoms with Crippen molar-refractivity contribution in [3.05, 3.63) is 0 Å². The summed E-state index contributed by atoms with van der Waals surface area (Å²) in [6.07, 6.45) is -16.5. The quantitative estimate of drug-likeness (QED) is 0.544. The van der Waals surface area contributed by atoms with Crippen molar-refractivity contribution >= 4 is 13.6 Å². The van der Waals surface area contributed by atoms with E-state index in [1.54, 1.807) is 0 Å². The molecule has 0 aliphatic carbocycles. The van der Waals surface area contributed by atoms with Crippen LogP contribution in [0.5, 0.6) is 0 Å². The van der Waals surface area contributed by atoms with Gasteiger partial charge in [0.2, 0.25) is 0 Å². The van der Waals surface area contributed by atoms with Gasteiger partial charge in [-0.25, -0.2) is 0 Å². The molecule has 0 heterocycles. The number of carboxylic acids is 1. The lowest BCUT2D eigenvalue weighted by molar-refractivity contribution is -0.182. The second-order valence-corrected chi connectivity index (χ2v) is 5.41. The smallest absolute Gasteiger partial charge is 0.390 e. The van der Waals surface area contributed by atoms with Crippen molar-refractivity contribution in [3.8, 4) is 0 Å². The molecule has 0 aromatic rings. The molecule has 0 aliphatic rings. The van der Waals surface area contributed by atoms with Gasteiger partial charge in [0.15, 0.2) is 5.16 Å². The van der Waals surface area contributed by atoms with Crippen LogP contribution in [0.15, 0.2) is 0 Å². The first-order valence-electron chi connectivity index (χ1n) is 4.03. The third-order valence-electron chi connectivity index (χ3n) is 1.94. The van der Waals surface area contributed by atoms with Crippen molar-refractivity contribution in [2.75, 3.05) is 0 Å². The molecule has 0 bridgehead atoms. The highest BCUT2D eigenvalue weighted by atomic mass is 31.2. The molecule has 18 heavy (non-hydrogen) atoms. The molecule has 5 nitrogen and oxygen atoms in total. The molecule has 0 aromatic heterocycles. The Labute approximate surface area is 95.6 Å². The minimum atomic E-state index is -6.20. The summed E-state index contributed by atoms with van der Waals surface area (Å²) in [6, 6.07) is 0. The highest BCUT2D eigenvalue weighted by Crippen LogP contribution is 2.59. The summed E-state index contributed by atoms with van der Waals surface area (Å²) in [5.74, 6) is -2.86. The third-order valence-corrected chi connectivity index (χ3v) is 3.56. The Morgan fingerprint density at radius 3 is 1.33 bits per heavy atom. The molecule has 12 heteroatoms. The lowest BCUT2D eigenvalue weighted by Crippen LogP contribution is -2.46. The summed E-state index contributed by atoms with van der Waals surface area (Å²) < 4.78 is 83.0. The van der Waals surface area contributed by atoms with E-state index in [1.165, 1.54) is 0 Å². The van der Waals surface area contributed by atoms with E-state index in [1.807, 2.05) is 0 Å². The highest BCUT2D eigenvalue weighted by Gasteiger charge is 2.63. The maximum Gasteiger partial charge on any atom is 0.390 e. The number of halogens is 6. The van der Waals surface area contributed by atoms with E-state index < -0.39 is 43.9 Å². The van der Waals surface area contributed by atoms with Crippen LogP contribution < -0.4 is 0 Å². The fraction of sp³-hybridized carbons (Fsp3) is 0.833. The summed E-state index contributed by atoms with van der Waals surface area (Å²) in [6.45, 7) is 0. The molecule has 0 rings (SSSR count). The Morgan fingerprint density at radius 2 is 1.22 bits per heavy atom. The number of aliphatic carboxylic acids is 1. The standard InChI is InChI=1S/C6H7F6O5P/c7-5(8,9)1-4(3(13)14,18(15,16)17)2-6(10,11)12/h1-2H2,(H,13,14)(H2,15,16,17). The molecule has 0 aromatic carbocycles. The summed E-state index contributed by atoms with van der Waals surface area (Å²) >= 11 is 0. The average molecular weight is 304 g/mol. The molecular weight excluding hydrogens is 297 g/mol. The average Bonchev–Trinajstić information content (AvgIpc) is 1.93. The molecule has 0 fully saturated rings. The van der Waals surface area contributed by atoms with Gasteiger partial charge in [-0.15, -0.1) is 0 Å². The van der Waals surface area contributed by atoms with E-state index in [0.717, 1.165) is 0 Å². The largest absolute Gasteiger partial charge is 0.480 e. The van der Waals surface area contributed by atoms with Gasteiger partial charge in [0.25, 0.3) is 0 Å². The Bertz CT molecular complexity index is 352. The number of hydrogen-bond acceptors (Lipinski definition) is 2. The van der Waals surface area contributed by atoms with Crippen molar-refractivity contribution in [1.82, 2.24) is 0 Å². The first-order valence-corrected chi connectivity index (χ1v) is 5.64. The fourth-order valence-corrected chi connectivity index (χ4v) is 2.23. The molecule has 0 radical (unpaired) electrons. The van der Waals surface area contributed by atoms with Crippen LogP contribution in [0.2, 0.25) is 0 Å². The molecule has 0 atom stereocenters. The van der Waals surface area contributed by atoms with Crippen LogP contribution in [0.1, 0.15) is 12.8 Å². The van der Waals surface area contributed by atoms with Crippen LogP contribution >= 0.6 is 7.60 Å². The van der Waals surface area contributed by atoms with Crippen LogP contribution in [0, 0.1) is 0 Å². The molecule has 108 valence electrons. The maximum absolute atomic E-state index is 12.0. The van der Waals surface area contributed by atoms with Gasteiger partial charge < -0.3 is 14.9 Å². The first kappa shape index (κ1) is 17.2. The van der Waals surface area contributed by atoms with Crippen molar-refractivity contribution in [1.29, 1.82) is 0 Å². The van der Waals surface area contributed by atoms with Crippen molar-refractivity contribution in [2.24, 2.45) is 0 Å². The van der Waals surface area contributed by atoms with E-state index in [-0.39, 0.29) is 0 Å². The number of carboxylic acid groups (broad SMARTS) is 1. The topological polar surface area (TPSA) is 94.8 Å². The van der Waals surface area contributed by atoms with Gasteiger partial charge in [-0.05, 0) is 0 Å². The van der Waals surface area contributed by atoms with Crippen LogP contribution in [0.25, 0.3) is 0 Å². The zero-order valence-electron chi connectivity index (χ0n) is 8.29. The van der Waals surface area contributed by atoms with Crippen LogP contribution in [-0.4, -0.2) is 38.4 Å².